The van der Waals surface area contributed by atoms with Crippen LogP contribution >= 0.6 is 0 Å². The molecule has 0 aliphatic heterocycles. The van der Waals surface area contributed by atoms with Crippen molar-refractivity contribution in [3.05, 3.63) is 24.1 Å². The maximum Gasteiger partial charge on any atom is 0.261 e. The van der Waals surface area contributed by atoms with Crippen LogP contribution in [0.5, 0.6) is 0 Å². The summed E-state index contributed by atoms with van der Waals surface area (Å²) in [4.78, 5) is 3.43. The van der Waals surface area contributed by atoms with Gasteiger partial charge in [-0.05, 0) is 19.1 Å². The fourth-order valence-corrected chi connectivity index (χ4v) is 2.17. The third kappa shape index (κ3) is 2.95. The molecule has 0 aromatic carbocycles. The van der Waals surface area contributed by atoms with E-state index in [2.05, 4.69) is 9.71 Å². The Labute approximate surface area is 87.0 Å². The molecule has 2 N–H and O–H groups in total. The highest BCUT2D eigenvalue weighted by Crippen LogP contribution is 2.09. The standard InChI is InChI=1S/C8H11FN2O3S/c1-6(5-12)11-15(13,14)8-7(9)3-2-4-10-8/h2-4,6,11-12H,5H2,1H3. The molecule has 0 bridgehead atoms. The number of sulfonamides is 1. The van der Waals surface area contributed by atoms with Gasteiger partial charge >= 0.3 is 0 Å². The summed E-state index contributed by atoms with van der Waals surface area (Å²) in [5.74, 6) is -0.921. The maximum atomic E-state index is 13.1. The molecule has 0 aliphatic carbocycles. The number of pyridine rings is 1. The molecule has 0 radical (unpaired) electrons. The Kier molecular flexibility index (Phi) is 3.72. The van der Waals surface area contributed by atoms with Crippen LogP contribution in [-0.4, -0.2) is 31.2 Å². The van der Waals surface area contributed by atoms with Crippen LogP contribution in [0.15, 0.2) is 23.4 Å². The molecule has 7 heteroatoms. The Bertz CT molecular complexity index is 435. The SMILES string of the molecule is CC(CO)NS(=O)(=O)c1ncccc1F. The zero-order valence-electron chi connectivity index (χ0n) is 8.01. The van der Waals surface area contributed by atoms with E-state index in [0.29, 0.717) is 0 Å². The number of halogens is 1. The molecule has 15 heavy (non-hydrogen) atoms. The maximum absolute atomic E-state index is 13.1. The van der Waals surface area contributed by atoms with Crippen LogP contribution in [0.25, 0.3) is 0 Å². The third-order valence-electron chi connectivity index (χ3n) is 1.61. The van der Waals surface area contributed by atoms with E-state index >= 15 is 0 Å². The average Bonchev–Trinajstić information content (AvgIpc) is 2.17. The number of aromatic nitrogens is 1. The van der Waals surface area contributed by atoms with Gasteiger partial charge in [-0.1, -0.05) is 0 Å². The molecule has 0 aliphatic rings. The lowest BCUT2D eigenvalue weighted by atomic mass is 10.4. The smallest absolute Gasteiger partial charge is 0.261 e. The molecule has 1 rings (SSSR count). The fraction of sp³-hybridized carbons (Fsp3) is 0.375. The lowest BCUT2D eigenvalue weighted by molar-refractivity contribution is 0.265. The van der Waals surface area contributed by atoms with Gasteiger partial charge < -0.3 is 5.11 Å². The Balaban J connectivity index is 3.02. The summed E-state index contributed by atoms with van der Waals surface area (Å²) in [5, 5.41) is 8.01. The topological polar surface area (TPSA) is 79.3 Å². The van der Waals surface area contributed by atoms with Gasteiger partial charge in [-0.25, -0.2) is 22.5 Å². The van der Waals surface area contributed by atoms with E-state index in [0.717, 1.165) is 6.07 Å². The quantitative estimate of drug-likeness (QED) is 0.761. The molecule has 5 nitrogen and oxygen atoms in total. The number of aliphatic hydroxyl groups excluding tert-OH is 1. The molecular formula is C8H11FN2O3S. The second-order valence-electron chi connectivity index (χ2n) is 3.00. The van der Waals surface area contributed by atoms with Gasteiger partial charge in [0.05, 0.1) is 6.61 Å². The summed E-state index contributed by atoms with van der Waals surface area (Å²) < 4.78 is 38.2. The van der Waals surface area contributed by atoms with Crippen molar-refractivity contribution in [1.82, 2.24) is 9.71 Å². The number of nitrogens with zero attached hydrogens (tertiary/aromatic N) is 1. The van der Waals surface area contributed by atoms with Crippen molar-refractivity contribution >= 4 is 10.0 Å². The van der Waals surface area contributed by atoms with Crippen LogP contribution < -0.4 is 4.72 Å². The molecule has 1 aromatic heterocycles. The first kappa shape index (κ1) is 12.0. The molecule has 1 unspecified atom stereocenters. The predicted molar refractivity (Wildman–Crippen MR) is 51.1 cm³/mol. The van der Waals surface area contributed by atoms with Gasteiger partial charge in [0.2, 0.25) is 5.03 Å². The number of hydrogen-bond donors (Lipinski definition) is 2. The second-order valence-corrected chi connectivity index (χ2v) is 4.62. The fourth-order valence-electron chi connectivity index (χ4n) is 0.927. The molecule has 84 valence electrons. The van der Waals surface area contributed by atoms with E-state index in [4.69, 9.17) is 5.11 Å². The van der Waals surface area contributed by atoms with Crippen molar-refractivity contribution in [2.75, 3.05) is 6.61 Å². The van der Waals surface area contributed by atoms with E-state index < -0.39 is 26.9 Å². The Morgan fingerprint density at radius 2 is 2.33 bits per heavy atom. The summed E-state index contributed by atoms with van der Waals surface area (Å²) in [6.07, 6.45) is 1.18. The van der Waals surface area contributed by atoms with Crippen molar-refractivity contribution in [3.8, 4) is 0 Å². The highest BCUT2D eigenvalue weighted by molar-refractivity contribution is 7.89. The monoisotopic (exact) mass is 234 g/mol. The summed E-state index contributed by atoms with van der Waals surface area (Å²) in [7, 11) is -4.00. The van der Waals surface area contributed by atoms with Crippen molar-refractivity contribution < 1.29 is 17.9 Å². The van der Waals surface area contributed by atoms with Gasteiger partial charge in [0.15, 0.2) is 5.82 Å². The van der Waals surface area contributed by atoms with Crippen molar-refractivity contribution in [2.45, 2.75) is 18.0 Å². The first-order valence-electron chi connectivity index (χ1n) is 4.21. The van der Waals surface area contributed by atoms with Gasteiger partial charge in [-0.3, -0.25) is 0 Å². The number of aliphatic hydroxyl groups is 1. The number of hydrogen-bond acceptors (Lipinski definition) is 4. The van der Waals surface area contributed by atoms with Gasteiger partial charge in [0.1, 0.15) is 0 Å². The molecule has 0 saturated heterocycles. The number of nitrogens with one attached hydrogen (secondary N) is 1. The average molecular weight is 234 g/mol. The largest absolute Gasteiger partial charge is 0.395 e. The Hall–Kier alpha value is -1.05. The highest BCUT2D eigenvalue weighted by atomic mass is 32.2. The summed E-state index contributed by atoms with van der Waals surface area (Å²) in [6.45, 7) is 1.09. The first-order chi connectivity index (χ1) is 6.97. The lowest BCUT2D eigenvalue weighted by Gasteiger charge is -2.10. The summed E-state index contributed by atoms with van der Waals surface area (Å²) in [6, 6.07) is 1.62. The van der Waals surface area contributed by atoms with Crippen molar-refractivity contribution in [3.63, 3.8) is 0 Å². The molecule has 0 fully saturated rings. The minimum absolute atomic E-state index is 0.367. The molecule has 0 saturated carbocycles. The number of rotatable bonds is 4. The van der Waals surface area contributed by atoms with Crippen LogP contribution in [-0.2, 0) is 10.0 Å². The van der Waals surface area contributed by atoms with E-state index in [-0.39, 0.29) is 6.61 Å². The van der Waals surface area contributed by atoms with Crippen molar-refractivity contribution in [2.24, 2.45) is 0 Å². The lowest BCUT2D eigenvalue weighted by Crippen LogP contribution is -2.35. The molecule has 1 atom stereocenters. The zero-order valence-corrected chi connectivity index (χ0v) is 8.83. The predicted octanol–water partition coefficient (Wildman–Crippen LogP) is -0.120. The van der Waals surface area contributed by atoms with E-state index in [1.165, 1.54) is 19.2 Å². The molecule has 1 heterocycles. The first-order valence-corrected chi connectivity index (χ1v) is 5.69. The highest BCUT2D eigenvalue weighted by Gasteiger charge is 2.21. The van der Waals surface area contributed by atoms with E-state index in [1.807, 2.05) is 0 Å². The normalized spacial score (nSPS) is 13.8. The van der Waals surface area contributed by atoms with Crippen LogP contribution in [0.4, 0.5) is 4.39 Å². The molecule has 1 aromatic rings. The van der Waals surface area contributed by atoms with Gasteiger partial charge in [-0.15, -0.1) is 0 Å². The van der Waals surface area contributed by atoms with Gasteiger partial charge in [-0.2, -0.15) is 0 Å². The van der Waals surface area contributed by atoms with E-state index in [9.17, 15) is 12.8 Å². The van der Waals surface area contributed by atoms with Crippen molar-refractivity contribution in [1.29, 1.82) is 0 Å². The van der Waals surface area contributed by atoms with Crippen LogP contribution in [0, 0.1) is 5.82 Å². The zero-order chi connectivity index (χ0) is 11.5. The van der Waals surface area contributed by atoms with Gasteiger partial charge in [0.25, 0.3) is 10.0 Å². The van der Waals surface area contributed by atoms with Crippen LogP contribution in [0.1, 0.15) is 6.92 Å². The minimum atomic E-state index is -4.00. The summed E-state index contributed by atoms with van der Waals surface area (Å²) in [5.41, 5.74) is 0. The second kappa shape index (κ2) is 4.65. The Morgan fingerprint density at radius 1 is 1.67 bits per heavy atom. The third-order valence-corrected chi connectivity index (χ3v) is 3.13. The molecule has 0 spiro atoms. The van der Waals surface area contributed by atoms with Gasteiger partial charge in [0, 0.05) is 12.2 Å². The summed E-state index contributed by atoms with van der Waals surface area (Å²) >= 11 is 0. The Morgan fingerprint density at radius 3 is 2.87 bits per heavy atom. The minimum Gasteiger partial charge on any atom is -0.395 e. The van der Waals surface area contributed by atoms with Crippen LogP contribution in [0.2, 0.25) is 0 Å². The molecular weight excluding hydrogens is 223 g/mol. The van der Waals surface area contributed by atoms with E-state index in [1.54, 1.807) is 0 Å². The molecule has 0 amide bonds. The van der Waals surface area contributed by atoms with Crippen LogP contribution in [0.3, 0.4) is 0 Å².